The minimum atomic E-state index is -0.759. The molecular weight excluding hydrogens is 334 g/mol. The van der Waals surface area contributed by atoms with Gasteiger partial charge in [-0.05, 0) is 46.0 Å². The highest BCUT2D eigenvalue weighted by Gasteiger charge is 2.44. The van der Waals surface area contributed by atoms with Gasteiger partial charge in [0.05, 0.1) is 12.2 Å². The van der Waals surface area contributed by atoms with Crippen molar-refractivity contribution in [3.05, 3.63) is 0 Å². The summed E-state index contributed by atoms with van der Waals surface area (Å²) in [6, 6.07) is 0.645. The molecule has 0 aromatic heterocycles. The number of ether oxygens (including phenoxy) is 1. The van der Waals surface area contributed by atoms with E-state index in [0.717, 1.165) is 32.4 Å². The highest BCUT2D eigenvalue weighted by atomic mass is 16.6. The molecule has 3 saturated heterocycles. The summed E-state index contributed by atoms with van der Waals surface area (Å²) in [6.45, 7) is 7.66. The number of hydrogen-bond donors (Lipinski definition) is 1. The van der Waals surface area contributed by atoms with Crippen molar-refractivity contribution < 1.29 is 19.4 Å². The monoisotopic (exact) mass is 367 g/mol. The molecule has 3 rings (SSSR count). The van der Waals surface area contributed by atoms with Gasteiger partial charge in [-0.15, -0.1) is 0 Å². The molecule has 0 bridgehead atoms. The Balaban J connectivity index is 1.59. The third-order valence-corrected chi connectivity index (χ3v) is 6.29. The number of likely N-dealkylation sites (N-methyl/N-ethyl adjacent to an activating group) is 1. The van der Waals surface area contributed by atoms with E-state index in [2.05, 4.69) is 11.8 Å². The van der Waals surface area contributed by atoms with E-state index in [4.69, 9.17) is 4.74 Å². The summed E-state index contributed by atoms with van der Waals surface area (Å²) in [5.74, 6) is 0.281. The van der Waals surface area contributed by atoms with Gasteiger partial charge >= 0.3 is 6.09 Å². The summed E-state index contributed by atoms with van der Waals surface area (Å²) in [4.78, 5) is 30.3. The fourth-order valence-electron chi connectivity index (χ4n) is 4.89. The Hall–Kier alpha value is -1.34. The van der Waals surface area contributed by atoms with Crippen LogP contribution in [0.2, 0.25) is 0 Å². The molecular formula is C19H33N3O4. The molecule has 3 aliphatic rings. The van der Waals surface area contributed by atoms with Gasteiger partial charge in [0.2, 0.25) is 5.91 Å². The van der Waals surface area contributed by atoms with Crippen LogP contribution in [0.25, 0.3) is 0 Å². The number of piperidine rings is 1. The average Bonchev–Trinajstić information content (AvgIpc) is 2.90. The van der Waals surface area contributed by atoms with Crippen LogP contribution in [0.3, 0.4) is 0 Å². The molecule has 0 saturated carbocycles. The Bertz CT molecular complexity index is 519. The number of rotatable bonds is 4. The zero-order chi connectivity index (χ0) is 18.7. The summed E-state index contributed by atoms with van der Waals surface area (Å²) in [7, 11) is 0. The van der Waals surface area contributed by atoms with Crippen LogP contribution >= 0.6 is 0 Å². The molecule has 0 aromatic rings. The fraction of sp³-hybridized carbons (Fsp3) is 0.895. The smallest absolute Gasteiger partial charge is 0.409 e. The maximum Gasteiger partial charge on any atom is 0.409 e. The van der Waals surface area contributed by atoms with Gasteiger partial charge in [0, 0.05) is 51.2 Å². The van der Waals surface area contributed by atoms with Crippen LogP contribution in [0.4, 0.5) is 4.79 Å². The number of carbonyl (C=O) groups is 2. The quantitative estimate of drug-likeness (QED) is 0.814. The summed E-state index contributed by atoms with van der Waals surface area (Å²) in [5.41, 5.74) is -0.759. The Morgan fingerprint density at radius 3 is 2.58 bits per heavy atom. The second kappa shape index (κ2) is 8.13. The van der Waals surface area contributed by atoms with Gasteiger partial charge in [0.25, 0.3) is 0 Å². The van der Waals surface area contributed by atoms with Gasteiger partial charge in [0.1, 0.15) is 0 Å². The van der Waals surface area contributed by atoms with Gasteiger partial charge < -0.3 is 19.6 Å². The summed E-state index contributed by atoms with van der Waals surface area (Å²) in [6.07, 6.45) is 4.48. The van der Waals surface area contributed by atoms with E-state index in [9.17, 15) is 14.7 Å². The molecule has 2 amide bonds. The first-order chi connectivity index (χ1) is 12.5. The van der Waals surface area contributed by atoms with Crippen molar-refractivity contribution in [2.24, 2.45) is 0 Å². The molecule has 7 heteroatoms. The van der Waals surface area contributed by atoms with E-state index in [1.807, 2.05) is 4.90 Å². The molecule has 2 atom stereocenters. The zero-order valence-corrected chi connectivity index (χ0v) is 16.2. The molecule has 0 unspecified atom stereocenters. The minimum Gasteiger partial charge on any atom is -0.450 e. The lowest BCUT2D eigenvalue weighted by Crippen LogP contribution is -2.54. The molecule has 3 heterocycles. The van der Waals surface area contributed by atoms with Crippen LogP contribution in [0.15, 0.2) is 0 Å². The molecule has 0 radical (unpaired) electrons. The van der Waals surface area contributed by atoms with Crippen LogP contribution in [-0.4, -0.2) is 88.8 Å². The van der Waals surface area contributed by atoms with E-state index in [1.54, 1.807) is 11.8 Å². The fourth-order valence-corrected chi connectivity index (χ4v) is 4.89. The molecule has 0 aliphatic carbocycles. The summed E-state index contributed by atoms with van der Waals surface area (Å²) < 4.78 is 5.06. The topological polar surface area (TPSA) is 73.3 Å². The Labute approximate surface area is 156 Å². The number of β-amino-alcohol motifs (C(OH)–C–C–N with tert-alkyl or cyclic N) is 1. The van der Waals surface area contributed by atoms with Crippen molar-refractivity contribution in [3.8, 4) is 0 Å². The summed E-state index contributed by atoms with van der Waals surface area (Å²) in [5, 5.41) is 11.1. The lowest BCUT2D eigenvalue weighted by atomic mass is 9.90. The van der Waals surface area contributed by atoms with Gasteiger partial charge in [-0.1, -0.05) is 0 Å². The van der Waals surface area contributed by atoms with Crippen LogP contribution in [0.5, 0.6) is 0 Å². The molecule has 3 fully saturated rings. The Morgan fingerprint density at radius 1 is 1.19 bits per heavy atom. The maximum atomic E-state index is 12.3. The molecule has 148 valence electrons. The predicted molar refractivity (Wildman–Crippen MR) is 97.8 cm³/mol. The van der Waals surface area contributed by atoms with Crippen molar-refractivity contribution >= 4 is 12.0 Å². The van der Waals surface area contributed by atoms with Gasteiger partial charge in [-0.25, -0.2) is 4.79 Å². The van der Waals surface area contributed by atoms with E-state index in [1.165, 1.54) is 0 Å². The van der Waals surface area contributed by atoms with Gasteiger partial charge in [-0.2, -0.15) is 0 Å². The van der Waals surface area contributed by atoms with Crippen molar-refractivity contribution in [1.29, 1.82) is 0 Å². The minimum absolute atomic E-state index is 0.281. The van der Waals surface area contributed by atoms with Crippen LogP contribution in [-0.2, 0) is 9.53 Å². The number of likely N-dealkylation sites (tertiary alicyclic amines) is 3. The first kappa shape index (κ1) is 19.4. The second-order valence-electron chi connectivity index (χ2n) is 7.88. The largest absolute Gasteiger partial charge is 0.450 e. The number of hydrogen-bond acceptors (Lipinski definition) is 5. The second-order valence-corrected chi connectivity index (χ2v) is 7.88. The highest BCUT2D eigenvalue weighted by Crippen LogP contribution is 2.33. The van der Waals surface area contributed by atoms with E-state index >= 15 is 0 Å². The lowest BCUT2D eigenvalue weighted by molar-refractivity contribution is -0.132. The first-order valence-electron chi connectivity index (χ1n) is 10.1. The molecule has 3 aliphatic heterocycles. The van der Waals surface area contributed by atoms with Crippen LogP contribution in [0, 0.1) is 0 Å². The van der Waals surface area contributed by atoms with Crippen LogP contribution in [0.1, 0.15) is 52.4 Å². The zero-order valence-electron chi connectivity index (χ0n) is 16.2. The highest BCUT2D eigenvalue weighted by molar-refractivity contribution is 5.77. The number of aliphatic hydroxyl groups is 1. The third-order valence-electron chi connectivity index (χ3n) is 6.29. The van der Waals surface area contributed by atoms with Crippen molar-refractivity contribution in [3.63, 3.8) is 0 Å². The first-order valence-corrected chi connectivity index (χ1v) is 10.1. The van der Waals surface area contributed by atoms with Crippen molar-refractivity contribution in [1.82, 2.24) is 14.7 Å². The van der Waals surface area contributed by atoms with Crippen molar-refractivity contribution in [2.45, 2.75) is 70.1 Å². The van der Waals surface area contributed by atoms with E-state index in [0.29, 0.717) is 57.6 Å². The Morgan fingerprint density at radius 2 is 1.92 bits per heavy atom. The number of carbonyl (C=O) groups excluding carboxylic acids is 2. The molecule has 7 nitrogen and oxygen atoms in total. The normalized spacial score (nSPS) is 29.4. The standard InChI is InChI=1S/C19H33N3O4/c1-3-22-16-8-11-21(15(16)6-5-7-17(22)23)14-19(25)9-12-20(13-10-19)18(24)26-4-2/h15-16,25H,3-14H2,1-2H3/t15-,16-/m0/s1. The molecule has 0 aromatic carbocycles. The van der Waals surface area contributed by atoms with E-state index < -0.39 is 5.60 Å². The number of amides is 2. The predicted octanol–water partition coefficient (Wildman–Crippen LogP) is 1.45. The number of nitrogens with zero attached hydrogens (tertiary/aromatic N) is 3. The van der Waals surface area contributed by atoms with Crippen molar-refractivity contribution in [2.75, 3.05) is 39.3 Å². The summed E-state index contributed by atoms with van der Waals surface area (Å²) >= 11 is 0. The average molecular weight is 367 g/mol. The van der Waals surface area contributed by atoms with E-state index in [-0.39, 0.29) is 12.0 Å². The third kappa shape index (κ3) is 3.98. The maximum absolute atomic E-state index is 12.3. The lowest BCUT2D eigenvalue weighted by Gasteiger charge is -2.41. The molecule has 1 N–H and O–H groups in total. The molecule has 0 spiro atoms. The number of fused-ring (bicyclic) bond motifs is 1. The van der Waals surface area contributed by atoms with Crippen LogP contribution < -0.4 is 0 Å². The SMILES string of the molecule is CCOC(=O)N1CCC(O)(CN2CC[C@H]3[C@@H]2CCCC(=O)N3CC)CC1. The molecule has 26 heavy (non-hydrogen) atoms. The van der Waals surface area contributed by atoms with Gasteiger partial charge in [0.15, 0.2) is 0 Å². The Kier molecular flexibility index (Phi) is 6.07. The van der Waals surface area contributed by atoms with Gasteiger partial charge in [-0.3, -0.25) is 9.69 Å².